The van der Waals surface area contributed by atoms with E-state index in [1.165, 1.54) is 6.07 Å². The smallest absolute Gasteiger partial charge is 0.265 e. The van der Waals surface area contributed by atoms with Crippen molar-refractivity contribution >= 4 is 33.7 Å². The van der Waals surface area contributed by atoms with Gasteiger partial charge in [-0.25, -0.2) is 8.78 Å². The van der Waals surface area contributed by atoms with Crippen LogP contribution in [0.5, 0.6) is 0 Å². The van der Waals surface area contributed by atoms with E-state index in [-0.39, 0.29) is 12.2 Å². The third-order valence-electron chi connectivity index (χ3n) is 2.89. The highest BCUT2D eigenvalue weighted by Crippen LogP contribution is 2.19. The lowest BCUT2D eigenvalue weighted by molar-refractivity contribution is -0.120. The van der Waals surface area contributed by atoms with Crippen LogP contribution in [0.25, 0.3) is 0 Å². The van der Waals surface area contributed by atoms with E-state index >= 15 is 0 Å². The second-order valence-electron chi connectivity index (χ2n) is 4.66. The Balaban J connectivity index is 1.87. The molecule has 0 aliphatic heterocycles. The molecule has 0 unspecified atom stereocenters. The van der Waals surface area contributed by atoms with Crippen LogP contribution < -0.4 is 5.32 Å². The van der Waals surface area contributed by atoms with Gasteiger partial charge in [0.05, 0.1) is 11.8 Å². The summed E-state index contributed by atoms with van der Waals surface area (Å²) in [5, 5.41) is 6.03. The summed E-state index contributed by atoms with van der Waals surface area (Å²) >= 11 is 3.36. The van der Waals surface area contributed by atoms with Crippen molar-refractivity contribution in [2.75, 3.05) is 11.9 Å². The van der Waals surface area contributed by atoms with Crippen molar-refractivity contribution in [2.45, 2.75) is 6.92 Å². The molecule has 1 N–H and O–H groups in total. The second kappa shape index (κ2) is 7.82. The summed E-state index contributed by atoms with van der Waals surface area (Å²) in [4.78, 5) is 16.4. The summed E-state index contributed by atoms with van der Waals surface area (Å²) in [6.45, 7) is 1.52. The summed E-state index contributed by atoms with van der Waals surface area (Å²) in [5.41, 5.74) is 1.26. The Kier molecular flexibility index (Phi) is 5.81. The zero-order valence-corrected chi connectivity index (χ0v) is 13.7. The number of rotatable bonds is 5. The molecule has 0 spiro atoms. The molecule has 0 aromatic heterocycles. The van der Waals surface area contributed by atoms with Gasteiger partial charge in [0.1, 0.15) is 11.6 Å². The summed E-state index contributed by atoms with van der Waals surface area (Å²) in [6, 6.07) is 8.79. The minimum atomic E-state index is -0.757. The van der Waals surface area contributed by atoms with Gasteiger partial charge in [-0.1, -0.05) is 27.2 Å². The first kappa shape index (κ1) is 17.1. The molecule has 2 aromatic carbocycles. The predicted octanol–water partition coefficient (Wildman–Crippen LogP) is 4.02. The van der Waals surface area contributed by atoms with Gasteiger partial charge in [-0.3, -0.25) is 4.79 Å². The first-order valence-electron chi connectivity index (χ1n) is 6.62. The van der Waals surface area contributed by atoms with Gasteiger partial charge in [-0.05, 0) is 42.8 Å². The fourth-order valence-corrected chi connectivity index (χ4v) is 1.99. The Morgan fingerprint density at radius 3 is 2.65 bits per heavy atom. The number of amides is 1. The molecule has 0 aliphatic carbocycles. The van der Waals surface area contributed by atoms with Crippen LogP contribution in [0, 0.1) is 18.6 Å². The standard InChI is InChI=1S/C16H13BrF2N2O2/c1-10-7-11(5-6-13(10)17)21-16(22)9-23-20-8-12-14(18)3-2-4-15(12)19/h2-8H,9H2,1H3,(H,21,22)/b20-8-. The number of nitrogens with one attached hydrogen (secondary N) is 1. The fourth-order valence-electron chi connectivity index (χ4n) is 1.74. The molecule has 0 aliphatic rings. The van der Waals surface area contributed by atoms with Crippen LogP contribution in [0.4, 0.5) is 14.5 Å². The number of hydrogen-bond acceptors (Lipinski definition) is 3. The molecule has 0 fully saturated rings. The maximum atomic E-state index is 13.3. The van der Waals surface area contributed by atoms with E-state index in [1.54, 1.807) is 12.1 Å². The van der Waals surface area contributed by atoms with Crippen LogP contribution in [-0.2, 0) is 9.63 Å². The summed E-state index contributed by atoms with van der Waals surface area (Å²) in [7, 11) is 0. The monoisotopic (exact) mass is 382 g/mol. The van der Waals surface area contributed by atoms with E-state index < -0.39 is 17.5 Å². The fraction of sp³-hybridized carbons (Fsp3) is 0.125. The lowest BCUT2D eigenvalue weighted by atomic mass is 10.2. The lowest BCUT2D eigenvalue weighted by Crippen LogP contribution is -2.17. The number of hydrogen-bond donors (Lipinski definition) is 1. The first-order chi connectivity index (χ1) is 11.0. The molecular weight excluding hydrogens is 370 g/mol. The number of halogens is 3. The van der Waals surface area contributed by atoms with E-state index in [2.05, 4.69) is 26.4 Å². The lowest BCUT2D eigenvalue weighted by Gasteiger charge is -2.06. The average Bonchev–Trinajstić information content (AvgIpc) is 2.50. The molecule has 2 rings (SSSR count). The zero-order chi connectivity index (χ0) is 16.8. The van der Waals surface area contributed by atoms with Crippen molar-refractivity contribution in [3.63, 3.8) is 0 Å². The van der Waals surface area contributed by atoms with Gasteiger partial charge in [-0.2, -0.15) is 0 Å². The Hall–Kier alpha value is -2.28. The number of carbonyl (C=O) groups is 1. The molecule has 120 valence electrons. The van der Waals surface area contributed by atoms with Crippen molar-refractivity contribution in [3.05, 3.63) is 63.6 Å². The van der Waals surface area contributed by atoms with Crippen LogP contribution in [0.15, 0.2) is 46.0 Å². The highest BCUT2D eigenvalue weighted by Gasteiger charge is 2.06. The number of carbonyl (C=O) groups excluding carboxylic acids is 1. The quantitative estimate of drug-likeness (QED) is 0.626. The highest BCUT2D eigenvalue weighted by atomic mass is 79.9. The van der Waals surface area contributed by atoms with Gasteiger partial charge in [0.25, 0.3) is 5.91 Å². The normalized spacial score (nSPS) is 10.8. The molecule has 0 saturated heterocycles. The zero-order valence-electron chi connectivity index (χ0n) is 12.1. The number of nitrogens with zero attached hydrogens (tertiary/aromatic N) is 1. The highest BCUT2D eigenvalue weighted by molar-refractivity contribution is 9.10. The summed E-state index contributed by atoms with van der Waals surface area (Å²) in [5.74, 6) is -1.95. The number of benzene rings is 2. The number of anilines is 1. The van der Waals surface area contributed by atoms with E-state index in [0.29, 0.717) is 5.69 Å². The van der Waals surface area contributed by atoms with E-state index in [4.69, 9.17) is 4.84 Å². The van der Waals surface area contributed by atoms with Crippen molar-refractivity contribution in [1.82, 2.24) is 0 Å². The predicted molar refractivity (Wildman–Crippen MR) is 87.4 cm³/mol. The molecule has 0 atom stereocenters. The molecule has 0 radical (unpaired) electrons. The topological polar surface area (TPSA) is 50.7 Å². The Morgan fingerprint density at radius 1 is 1.30 bits per heavy atom. The van der Waals surface area contributed by atoms with Crippen molar-refractivity contribution < 1.29 is 18.4 Å². The molecule has 7 heteroatoms. The molecule has 0 saturated carbocycles. The Bertz CT molecular complexity index is 731. The molecule has 23 heavy (non-hydrogen) atoms. The maximum absolute atomic E-state index is 13.3. The SMILES string of the molecule is Cc1cc(NC(=O)CO/N=C\c2c(F)cccc2F)ccc1Br. The van der Waals surface area contributed by atoms with Gasteiger partial charge >= 0.3 is 0 Å². The van der Waals surface area contributed by atoms with Gasteiger partial charge in [0, 0.05) is 10.2 Å². The molecule has 1 amide bonds. The van der Waals surface area contributed by atoms with E-state index in [1.807, 2.05) is 13.0 Å². The van der Waals surface area contributed by atoms with Crippen molar-refractivity contribution in [2.24, 2.45) is 5.16 Å². The van der Waals surface area contributed by atoms with E-state index in [0.717, 1.165) is 28.4 Å². The minimum absolute atomic E-state index is 0.323. The summed E-state index contributed by atoms with van der Waals surface area (Å²) < 4.78 is 27.6. The molecule has 2 aromatic rings. The minimum Gasteiger partial charge on any atom is -0.386 e. The van der Waals surface area contributed by atoms with Crippen LogP contribution in [0.1, 0.15) is 11.1 Å². The van der Waals surface area contributed by atoms with Crippen molar-refractivity contribution in [1.29, 1.82) is 0 Å². The first-order valence-corrected chi connectivity index (χ1v) is 7.42. The largest absolute Gasteiger partial charge is 0.386 e. The van der Waals surface area contributed by atoms with Crippen LogP contribution >= 0.6 is 15.9 Å². The van der Waals surface area contributed by atoms with Crippen LogP contribution in [0.2, 0.25) is 0 Å². The van der Waals surface area contributed by atoms with Gasteiger partial charge in [0.15, 0.2) is 6.61 Å². The maximum Gasteiger partial charge on any atom is 0.265 e. The molecule has 0 heterocycles. The Labute approximate surface area is 140 Å². The van der Waals surface area contributed by atoms with Crippen LogP contribution in [0.3, 0.4) is 0 Å². The van der Waals surface area contributed by atoms with E-state index in [9.17, 15) is 13.6 Å². The second-order valence-corrected chi connectivity index (χ2v) is 5.51. The summed E-state index contributed by atoms with van der Waals surface area (Å²) in [6.07, 6.45) is 0.891. The molecular formula is C16H13BrF2N2O2. The average molecular weight is 383 g/mol. The third-order valence-corrected chi connectivity index (χ3v) is 3.78. The van der Waals surface area contributed by atoms with Gasteiger partial charge in [-0.15, -0.1) is 0 Å². The van der Waals surface area contributed by atoms with Crippen LogP contribution in [-0.4, -0.2) is 18.7 Å². The van der Waals surface area contributed by atoms with Gasteiger partial charge < -0.3 is 10.2 Å². The third kappa shape index (κ3) is 4.85. The van der Waals surface area contributed by atoms with Crippen molar-refractivity contribution in [3.8, 4) is 0 Å². The number of aryl methyl sites for hydroxylation is 1. The molecule has 4 nitrogen and oxygen atoms in total. The van der Waals surface area contributed by atoms with Gasteiger partial charge in [0.2, 0.25) is 0 Å². The number of oxime groups is 1. The molecule has 0 bridgehead atoms. The Morgan fingerprint density at radius 2 is 2.00 bits per heavy atom.